The fourth-order valence-electron chi connectivity index (χ4n) is 9.89. The van der Waals surface area contributed by atoms with Crippen LogP contribution in [0.4, 0.5) is 0 Å². The molecule has 0 saturated heterocycles. The maximum atomic E-state index is 5.52. The zero-order valence-corrected chi connectivity index (χ0v) is 32.2. The summed E-state index contributed by atoms with van der Waals surface area (Å²) in [6.45, 7) is 4.70. The molecule has 0 amide bonds. The Kier molecular flexibility index (Phi) is 6.98. The second kappa shape index (κ2) is 12.3. The Labute approximate surface area is 336 Å². The number of fused-ring (bicyclic) bond motifs is 12. The van der Waals surface area contributed by atoms with Gasteiger partial charge in [-0.2, -0.15) is 0 Å². The van der Waals surface area contributed by atoms with Crippen LogP contribution in [0.25, 0.3) is 105 Å². The lowest BCUT2D eigenvalue weighted by Crippen LogP contribution is -2.14. The van der Waals surface area contributed by atoms with Crippen LogP contribution in [-0.4, -0.2) is 14.5 Å². The van der Waals surface area contributed by atoms with Gasteiger partial charge in [0, 0.05) is 38.1 Å². The van der Waals surface area contributed by atoms with Crippen LogP contribution in [0.5, 0.6) is 0 Å². The van der Waals surface area contributed by atoms with Crippen LogP contribution in [0, 0.1) is 0 Å². The minimum Gasteiger partial charge on any atom is -0.277 e. The van der Waals surface area contributed by atoms with Crippen LogP contribution >= 0.6 is 0 Å². The summed E-state index contributed by atoms with van der Waals surface area (Å²) >= 11 is 0. The molecular formula is C55H37N3. The molecule has 3 heteroatoms. The van der Waals surface area contributed by atoms with Crippen molar-refractivity contribution in [3.63, 3.8) is 0 Å². The van der Waals surface area contributed by atoms with E-state index in [1.807, 2.05) is 0 Å². The van der Waals surface area contributed by atoms with Crippen LogP contribution in [0.3, 0.4) is 0 Å². The number of nitrogens with zero attached hydrogens (tertiary/aromatic N) is 3. The lowest BCUT2D eigenvalue weighted by molar-refractivity contribution is 0.660. The number of benzene rings is 9. The molecular weight excluding hydrogens is 703 g/mol. The molecule has 11 aromatic rings. The molecule has 0 radical (unpaired) electrons. The number of aromatic nitrogens is 3. The van der Waals surface area contributed by atoms with E-state index in [9.17, 15) is 0 Å². The van der Waals surface area contributed by atoms with Gasteiger partial charge in [-0.05, 0) is 73.3 Å². The first-order valence-corrected chi connectivity index (χ1v) is 20.1. The van der Waals surface area contributed by atoms with Gasteiger partial charge in [0.25, 0.3) is 0 Å². The highest BCUT2D eigenvalue weighted by molar-refractivity contribution is 6.33. The van der Waals surface area contributed by atoms with Gasteiger partial charge in [0.1, 0.15) is 0 Å². The van der Waals surface area contributed by atoms with E-state index in [4.69, 9.17) is 9.97 Å². The molecule has 0 spiro atoms. The number of para-hydroxylation sites is 2. The van der Waals surface area contributed by atoms with Gasteiger partial charge in [0.15, 0.2) is 0 Å². The predicted octanol–water partition coefficient (Wildman–Crippen LogP) is 14.3. The maximum absolute atomic E-state index is 5.52. The second-order valence-corrected chi connectivity index (χ2v) is 16.1. The molecule has 0 fully saturated rings. The monoisotopic (exact) mass is 739 g/mol. The van der Waals surface area contributed by atoms with Gasteiger partial charge in [-0.3, -0.25) is 4.57 Å². The van der Waals surface area contributed by atoms with E-state index >= 15 is 0 Å². The first-order chi connectivity index (χ1) is 28.5. The van der Waals surface area contributed by atoms with Gasteiger partial charge in [-0.1, -0.05) is 184 Å². The van der Waals surface area contributed by atoms with Crippen molar-refractivity contribution in [2.24, 2.45) is 0 Å². The Balaban J connectivity index is 1.17. The van der Waals surface area contributed by atoms with Crippen molar-refractivity contribution in [1.29, 1.82) is 0 Å². The summed E-state index contributed by atoms with van der Waals surface area (Å²) < 4.78 is 2.36. The van der Waals surface area contributed by atoms with Crippen molar-refractivity contribution in [2.45, 2.75) is 19.3 Å². The van der Waals surface area contributed by atoms with E-state index in [1.165, 1.54) is 65.7 Å². The lowest BCUT2D eigenvalue weighted by atomic mass is 9.81. The molecule has 0 aliphatic heterocycles. The SMILES string of the molecule is CC1(C)c2ccccc2-c2ccc(-c3cccc(-c4cccc5c6c7ccccc7c7ccccc7c6n(-c6nc(-c7ccccc7)c7ccccc7n6)c45)c3)cc21. The zero-order valence-electron chi connectivity index (χ0n) is 32.2. The molecule has 0 bridgehead atoms. The van der Waals surface area contributed by atoms with E-state index in [2.05, 4.69) is 206 Å². The van der Waals surface area contributed by atoms with Crippen LogP contribution in [-0.2, 0) is 5.41 Å². The molecule has 58 heavy (non-hydrogen) atoms. The third-order valence-electron chi connectivity index (χ3n) is 12.6. The zero-order chi connectivity index (χ0) is 38.5. The van der Waals surface area contributed by atoms with Crippen LogP contribution in [0.15, 0.2) is 188 Å². The summed E-state index contributed by atoms with van der Waals surface area (Å²) in [5, 5.41) is 8.26. The third-order valence-corrected chi connectivity index (χ3v) is 12.6. The van der Waals surface area contributed by atoms with Crippen molar-refractivity contribution in [2.75, 3.05) is 0 Å². The standard InChI is InChI=1S/C55H37N3/c1-55(2)47-28-12-10-22-41(47)42-31-30-36(33-48(42)55)35-18-14-19-37(32-35)38-26-15-27-46-50-43-23-8-6-20-39(43)40-21-7-9-24-44(40)53(50)58(52(38)46)54-56-49-29-13-11-25-45(49)51(57-54)34-16-4-3-5-17-34/h3-33H,1-2H3. The van der Waals surface area contributed by atoms with Crippen LogP contribution in [0.2, 0.25) is 0 Å². The van der Waals surface area contributed by atoms with Gasteiger partial charge in [0.05, 0.1) is 22.2 Å². The molecule has 1 aliphatic rings. The van der Waals surface area contributed by atoms with Crippen LogP contribution < -0.4 is 0 Å². The maximum Gasteiger partial charge on any atom is 0.235 e. The van der Waals surface area contributed by atoms with E-state index in [1.54, 1.807) is 0 Å². The summed E-state index contributed by atoms with van der Waals surface area (Å²) in [4.78, 5) is 10.9. The van der Waals surface area contributed by atoms with E-state index in [0.29, 0.717) is 5.95 Å². The topological polar surface area (TPSA) is 30.7 Å². The van der Waals surface area contributed by atoms with Crippen molar-refractivity contribution in [3.8, 4) is 50.6 Å². The molecule has 272 valence electrons. The Morgan fingerprint density at radius 3 is 1.81 bits per heavy atom. The van der Waals surface area contributed by atoms with Gasteiger partial charge >= 0.3 is 0 Å². The molecule has 2 heterocycles. The molecule has 3 nitrogen and oxygen atoms in total. The Morgan fingerprint density at radius 1 is 0.379 bits per heavy atom. The first kappa shape index (κ1) is 32.8. The molecule has 0 unspecified atom stereocenters. The van der Waals surface area contributed by atoms with Gasteiger partial charge in [0.2, 0.25) is 5.95 Å². The molecule has 0 N–H and O–H groups in total. The van der Waals surface area contributed by atoms with Crippen molar-refractivity contribution in [1.82, 2.24) is 14.5 Å². The number of hydrogen-bond donors (Lipinski definition) is 0. The minimum atomic E-state index is -0.0733. The molecule has 1 aliphatic carbocycles. The second-order valence-electron chi connectivity index (χ2n) is 16.1. The third kappa shape index (κ3) is 4.68. The average molecular weight is 740 g/mol. The lowest BCUT2D eigenvalue weighted by Gasteiger charge is -2.22. The molecule has 0 atom stereocenters. The van der Waals surface area contributed by atoms with E-state index in [0.717, 1.165) is 44.3 Å². The van der Waals surface area contributed by atoms with Crippen molar-refractivity contribution >= 4 is 54.3 Å². The molecule has 0 saturated carbocycles. The highest BCUT2D eigenvalue weighted by Crippen LogP contribution is 2.50. The average Bonchev–Trinajstić information content (AvgIpc) is 3.76. The van der Waals surface area contributed by atoms with Crippen molar-refractivity contribution < 1.29 is 0 Å². The van der Waals surface area contributed by atoms with E-state index < -0.39 is 0 Å². The quantitative estimate of drug-likeness (QED) is 0.168. The highest BCUT2D eigenvalue weighted by Gasteiger charge is 2.35. The normalized spacial score (nSPS) is 13.1. The summed E-state index contributed by atoms with van der Waals surface area (Å²) in [6, 6.07) is 68.2. The first-order valence-electron chi connectivity index (χ1n) is 20.1. The smallest absolute Gasteiger partial charge is 0.235 e. The Bertz CT molecular complexity index is 3480. The predicted molar refractivity (Wildman–Crippen MR) is 243 cm³/mol. The number of rotatable bonds is 4. The minimum absolute atomic E-state index is 0.0733. The summed E-state index contributed by atoms with van der Waals surface area (Å²) in [5.74, 6) is 0.655. The van der Waals surface area contributed by atoms with E-state index in [-0.39, 0.29) is 5.41 Å². The Hall–Kier alpha value is -7.36. The Morgan fingerprint density at radius 2 is 0.966 bits per heavy atom. The molecule has 2 aromatic heterocycles. The summed E-state index contributed by atoms with van der Waals surface area (Å²) in [5.41, 5.74) is 15.2. The largest absolute Gasteiger partial charge is 0.277 e. The summed E-state index contributed by atoms with van der Waals surface area (Å²) in [6.07, 6.45) is 0. The van der Waals surface area contributed by atoms with Gasteiger partial charge in [-0.25, -0.2) is 9.97 Å². The molecule has 12 rings (SSSR count). The van der Waals surface area contributed by atoms with Crippen molar-refractivity contribution in [3.05, 3.63) is 199 Å². The number of hydrogen-bond acceptors (Lipinski definition) is 2. The summed E-state index contributed by atoms with van der Waals surface area (Å²) in [7, 11) is 0. The van der Waals surface area contributed by atoms with Crippen LogP contribution in [0.1, 0.15) is 25.0 Å². The van der Waals surface area contributed by atoms with Gasteiger partial charge < -0.3 is 0 Å². The van der Waals surface area contributed by atoms with Gasteiger partial charge in [-0.15, -0.1) is 0 Å². The molecule has 9 aromatic carbocycles. The fourth-order valence-corrected chi connectivity index (χ4v) is 9.89. The fraction of sp³-hybridized carbons (Fsp3) is 0.0545. The highest BCUT2D eigenvalue weighted by atomic mass is 15.2.